The average Bonchev–Trinajstić information content (AvgIpc) is 2.79. The van der Waals surface area contributed by atoms with Gasteiger partial charge in [0.15, 0.2) is 11.6 Å². The minimum atomic E-state index is -1.41. The Kier molecular flexibility index (Phi) is 7.87. The number of halogens is 1. The lowest BCUT2D eigenvalue weighted by Gasteiger charge is -2.19. The van der Waals surface area contributed by atoms with Gasteiger partial charge in [-0.15, -0.1) is 0 Å². The molecule has 0 amide bonds. The Morgan fingerprint density at radius 3 is 2.00 bits per heavy atom. The molecule has 3 aromatic rings. The molecule has 0 saturated carbocycles. The first-order valence-corrected chi connectivity index (χ1v) is 10.2. The average molecular weight is 424 g/mol. The summed E-state index contributed by atoms with van der Waals surface area (Å²) in [5, 5.41) is 9.48. The molecule has 0 aliphatic heterocycles. The standard InChI is InChI=1S/C25H25FO5/c1-2-3-14-29-24-22(26)20(25(27)28)15-21(30-16-18-10-6-4-7-11-18)23(24)31-17-19-12-8-5-9-13-19/h4-13,15H,2-3,14,16-17H2,1H3,(H,27,28). The number of carboxylic acid groups (broad SMARTS) is 1. The van der Waals surface area contributed by atoms with Gasteiger partial charge in [-0.1, -0.05) is 74.0 Å². The third-order valence-electron chi connectivity index (χ3n) is 4.58. The van der Waals surface area contributed by atoms with Gasteiger partial charge in [0.2, 0.25) is 11.5 Å². The van der Waals surface area contributed by atoms with Gasteiger partial charge in [0.1, 0.15) is 18.8 Å². The van der Waals surface area contributed by atoms with Crippen LogP contribution in [0.15, 0.2) is 66.7 Å². The van der Waals surface area contributed by atoms with Crippen LogP contribution < -0.4 is 14.2 Å². The number of unbranched alkanes of at least 4 members (excludes halogenated alkanes) is 1. The number of hydrogen-bond donors (Lipinski definition) is 1. The second-order valence-electron chi connectivity index (χ2n) is 6.95. The molecule has 0 bridgehead atoms. The van der Waals surface area contributed by atoms with Crippen molar-refractivity contribution in [2.24, 2.45) is 0 Å². The number of benzene rings is 3. The lowest BCUT2D eigenvalue weighted by molar-refractivity contribution is 0.0689. The Hall–Kier alpha value is -3.54. The fraction of sp³-hybridized carbons (Fsp3) is 0.240. The van der Waals surface area contributed by atoms with Crippen molar-refractivity contribution in [3.8, 4) is 17.2 Å². The van der Waals surface area contributed by atoms with Crippen LogP contribution in [-0.2, 0) is 13.2 Å². The Morgan fingerprint density at radius 2 is 1.45 bits per heavy atom. The number of hydrogen-bond acceptors (Lipinski definition) is 4. The first-order chi connectivity index (χ1) is 15.1. The predicted octanol–water partition coefficient (Wildman–Crippen LogP) is 5.86. The van der Waals surface area contributed by atoms with Crippen molar-refractivity contribution in [3.63, 3.8) is 0 Å². The molecular weight excluding hydrogens is 399 g/mol. The van der Waals surface area contributed by atoms with Gasteiger partial charge in [0.25, 0.3) is 0 Å². The zero-order chi connectivity index (χ0) is 22.1. The van der Waals surface area contributed by atoms with Crippen molar-refractivity contribution in [3.05, 3.63) is 89.2 Å². The number of carbonyl (C=O) groups is 1. The molecule has 0 aromatic heterocycles. The molecule has 162 valence electrons. The summed E-state index contributed by atoms with van der Waals surface area (Å²) in [6, 6.07) is 19.9. The van der Waals surface area contributed by atoms with Crippen LogP contribution >= 0.6 is 0 Å². The van der Waals surface area contributed by atoms with E-state index in [1.165, 1.54) is 0 Å². The fourth-order valence-electron chi connectivity index (χ4n) is 2.91. The van der Waals surface area contributed by atoms with Crippen LogP contribution in [0.1, 0.15) is 41.3 Å². The first kappa shape index (κ1) is 22.2. The Balaban J connectivity index is 1.97. The molecule has 0 aliphatic rings. The highest BCUT2D eigenvalue weighted by Gasteiger charge is 2.26. The molecule has 31 heavy (non-hydrogen) atoms. The normalized spacial score (nSPS) is 10.5. The van der Waals surface area contributed by atoms with Crippen LogP contribution in [0.25, 0.3) is 0 Å². The van der Waals surface area contributed by atoms with Crippen molar-refractivity contribution < 1.29 is 28.5 Å². The minimum Gasteiger partial charge on any atom is -0.487 e. The summed E-state index contributed by atoms with van der Waals surface area (Å²) in [4.78, 5) is 11.6. The third kappa shape index (κ3) is 5.98. The van der Waals surface area contributed by atoms with Crippen LogP contribution in [0.3, 0.4) is 0 Å². The maximum Gasteiger partial charge on any atom is 0.338 e. The molecule has 3 rings (SSSR count). The maximum atomic E-state index is 15.0. The molecule has 3 aromatic carbocycles. The zero-order valence-electron chi connectivity index (χ0n) is 17.3. The summed E-state index contributed by atoms with van der Waals surface area (Å²) < 4.78 is 32.5. The summed E-state index contributed by atoms with van der Waals surface area (Å²) in [5.74, 6) is -2.45. The van der Waals surface area contributed by atoms with Crippen molar-refractivity contribution in [1.82, 2.24) is 0 Å². The second-order valence-corrected chi connectivity index (χ2v) is 6.95. The van der Waals surface area contributed by atoms with Crippen molar-refractivity contribution in [2.45, 2.75) is 33.0 Å². The van der Waals surface area contributed by atoms with Crippen LogP contribution in [0.2, 0.25) is 0 Å². The fourth-order valence-corrected chi connectivity index (χ4v) is 2.91. The lowest BCUT2D eigenvalue weighted by atomic mass is 10.1. The van der Waals surface area contributed by atoms with E-state index >= 15 is 4.39 Å². The lowest BCUT2D eigenvalue weighted by Crippen LogP contribution is -2.10. The second kappa shape index (κ2) is 11.0. The van der Waals surface area contributed by atoms with E-state index in [1.54, 1.807) is 0 Å². The molecule has 1 N–H and O–H groups in total. The van der Waals surface area contributed by atoms with E-state index in [-0.39, 0.29) is 37.1 Å². The molecule has 6 heteroatoms. The highest BCUT2D eigenvalue weighted by molar-refractivity contribution is 5.90. The number of rotatable bonds is 11. The van der Waals surface area contributed by atoms with E-state index in [9.17, 15) is 9.90 Å². The molecule has 0 fully saturated rings. The minimum absolute atomic E-state index is 0.0541. The molecule has 0 heterocycles. The van der Waals surface area contributed by atoms with Crippen LogP contribution in [-0.4, -0.2) is 17.7 Å². The molecule has 0 atom stereocenters. The topological polar surface area (TPSA) is 65.0 Å². The summed E-state index contributed by atoms with van der Waals surface area (Å²) in [5.41, 5.74) is 1.23. The number of aromatic carboxylic acids is 1. The van der Waals surface area contributed by atoms with Gasteiger partial charge in [-0.05, 0) is 17.5 Å². The Morgan fingerprint density at radius 1 is 0.871 bits per heavy atom. The van der Waals surface area contributed by atoms with Gasteiger partial charge in [0.05, 0.1) is 6.61 Å². The van der Waals surface area contributed by atoms with E-state index in [2.05, 4.69) is 0 Å². The first-order valence-electron chi connectivity index (χ1n) is 10.2. The van der Waals surface area contributed by atoms with E-state index < -0.39 is 17.3 Å². The highest BCUT2D eigenvalue weighted by atomic mass is 19.1. The quantitative estimate of drug-likeness (QED) is 0.391. The maximum absolute atomic E-state index is 15.0. The van der Waals surface area contributed by atoms with Crippen molar-refractivity contribution in [1.29, 1.82) is 0 Å². The summed E-state index contributed by atoms with van der Waals surface area (Å²) in [6.45, 7) is 2.53. The van der Waals surface area contributed by atoms with E-state index in [1.807, 2.05) is 67.6 Å². The zero-order valence-corrected chi connectivity index (χ0v) is 17.3. The molecule has 0 spiro atoms. The number of ether oxygens (including phenoxy) is 3. The Labute approximate surface area is 181 Å². The van der Waals surface area contributed by atoms with Gasteiger partial charge in [0, 0.05) is 6.07 Å². The Bertz CT molecular complexity index is 990. The smallest absolute Gasteiger partial charge is 0.338 e. The van der Waals surface area contributed by atoms with E-state index in [4.69, 9.17) is 14.2 Å². The van der Waals surface area contributed by atoms with Crippen LogP contribution in [0.4, 0.5) is 4.39 Å². The summed E-state index contributed by atoms with van der Waals surface area (Å²) in [7, 11) is 0. The van der Waals surface area contributed by atoms with E-state index in [0.717, 1.165) is 23.6 Å². The van der Waals surface area contributed by atoms with Crippen LogP contribution in [0, 0.1) is 5.82 Å². The van der Waals surface area contributed by atoms with Gasteiger partial charge < -0.3 is 19.3 Å². The summed E-state index contributed by atoms with van der Waals surface area (Å²) >= 11 is 0. The monoisotopic (exact) mass is 424 g/mol. The van der Waals surface area contributed by atoms with Crippen molar-refractivity contribution >= 4 is 5.97 Å². The predicted molar refractivity (Wildman–Crippen MR) is 115 cm³/mol. The molecule has 5 nitrogen and oxygen atoms in total. The van der Waals surface area contributed by atoms with Gasteiger partial charge in [-0.2, -0.15) is 0 Å². The SMILES string of the molecule is CCCCOc1c(F)c(C(=O)O)cc(OCc2ccccc2)c1OCc1ccccc1. The largest absolute Gasteiger partial charge is 0.487 e. The van der Waals surface area contributed by atoms with Crippen LogP contribution in [0.5, 0.6) is 17.2 Å². The van der Waals surface area contributed by atoms with Gasteiger partial charge in [-0.3, -0.25) is 0 Å². The van der Waals surface area contributed by atoms with Gasteiger partial charge >= 0.3 is 5.97 Å². The highest BCUT2D eigenvalue weighted by Crippen LogP contribution is 2.42. The van der Waals surface area contributed by atoms with Gasteiger partial charge in [-0.25, -0.2) is 9.18 Å². The van der Waals surface area contributed by atoms with E-state index in [0.29, 0.717) is 6.42 Å². The third-order valence-corrected chi connectivity index (χ3v) is 4.58. The number of carboxylic acids is 1. The molecule has 0 radical (unpaired) electrons. The molecule has 0 unspecified atom stereocenters. The van der Waals surface area contributed by atoms with Crippen molar-refractivity contribution in [2.75, 3.05) is 6.61 Å². The molecule has 0 aliphatic carbocycles. The molecule has 0 saturated heterocycles. The summed E-state index contributed by atoms with van der Waals surface area (Å²) in [6.07, 6.45) is 1.53. The molecular formula is C25H25FO5.